The molecule has 0 spiro atoms. The second-order valence-electron chi connectivity index (χ2n) is 3.90. The van der Waals surface area contributed by atoms with Crippen molar-refractivity contribution in [1.82, 2.24) is 0 Å². The summed E-state index contributed by atoms with van der Waals surface area (Å²) in [5, 5.41) is 0. The normalized spacial score (nSPS) is 12.5. The molecule has 3 heteroatoms. The van der Waals surface area contributed by atoms with E-state index in [1.54, 1.807) is 7.11 Å². The molecule has 0 aliphatic heterocycles. The van der Waals surface area contributed by atoms with Gasteiger partial charge in [-0.2, -0.15) is 0 Å². The molecule has 0 bridgehead atoms. The molecule has 0 rings (SSSR count). The number of rotatable bonds is 5. The van der Waals surface area contributed by atoms with Gasteiger partial charge in [0.15, 0.2) is 0 Å². The molecule has 68 valence electrons. The molecule has 0 aliphatic carbocycles. The van der Waals surface area contributed by atoms with E-state index >= 15 is 0 Å². The van der Waals surface area contributed by atoms with Crippen LogP contribution in [0.2, 0.25) is 18.6 Å². The van der Waals surface area contributed by atoms with E-state index in [-0.39, 0.29) is 0 Å². The van der Waals surface area contributed by atoms with Crippen LogP contribution >= 0.6 is 0 Å². The lowest BCUT2D eigenvalue weighted by Gasteiger charge is -2.26. The van der Waals surface area contributed by atoms with Gasteiger partial charge in [0, 0.05) is 13.3 Å². The topological polar surface area (TPSA) is 18.5 Å². The van der Waals surface area contributed by atoms with Crippen molar-refractivity contribution >= 4 is 8.07 Å². The standard InChI is InChI=1S/C8H20O2Si/c1-8(2)11(4,5)7-10-6-9-3/h8H,6-7H2,1-5H3. The monoisotopic (exact) mass is 176 g/mol. The molecule has 0 amide bonds. The summed E-state index contributed by atoms with van der Waals surface area (Å²) >= 11 is 0. The highest BCUT2D eigenvalue weighted by atomic mass is 28.3. The molecule has 0 saturated heterocycles. The van der Waals surface area contributed by atoms with Gasteiger partial charge < -0.3 is 9.47 Å². The minimum atomic E-state index is -1.12. The van der Waals surface area contributed by atoms with Crippen LogP contribution in [-0.4, -0.2) is 28.2 Å². The summed E-state index contributed by atoms with van der Waals surface area (Å²) < 4.78 is 10.2. The smallest absolute Gasteiger partial charge is 0.145 e. The van der Waals surface area contributed by atoms with Crippen LogP contribution < -0.4 is 0 Å². The van der Waals surface area contributed by atoms with Gasteiger partial charge in [0.05, 0.1) is 8.07 Å². The van der Waals surface area contributed by atoms with E-state index in [9.17, 15) is 0 Å². The molecule has 0 aromatic rings. The maximum absolute atomic E-state index is 5.35. The molecule has 11 heavy (non-hydrogen) atoms. The van der Waals surface area contributed by atoms with Gasteiger partial charge >= 0.3 is 0 Å². The SMILES string of the molecule is COCOC[Si](C)(C)C(C)C. The van der Waals surface area contributed by atoms with Crippen molar-refractivity contribution in [2.24, 2.45) is 0 Å². The third-order valence-corrected chi connectivity index (χ3v) is 6.31. The Morgan fingerprint density at radius 2 is 1.82 bits per heavy atom. The number of ether oxygens (including phenoxy) is 2. The van der Waals surface area contributed by atoms with Crippen molar-refractivity contribution in [3.05, 3.63) is 0 Å². The molecular formula is C8H20O2Si. The lowest BCUT2D eigenvalue weighted by molar-refractivity contribution is -0.0142. The molecule has 0 unspecified atom stereocenters. The van der Waals surface area contributed by atoms with E-state index in [1.165, 1.54) is 0 Å². The lowest BCUT2D eigenvalue weighted by atomic mass is 10.6. The third kappa shape index (κ3) is 4.56. The lowest BCUT2D eigenvalue weighted by Crippen LogP contribution is -2.36. The second-order valence-corrected chi connectivity index (χ2v) is 9.32. The molecule has 2 nitrogen and oxygen atoms in total. The van der Waals surface area contributed by atoms with Gasteiger partial charge in [-0.05, 0) is 5.54 Å². The summed E-state index contributed by atoms with van der Waals surface area (Å²) in [6.07, 6.45) is 0.901. The zero-order chi connectivity index (χ0) is 8.91. The molecule has 0 aliphatic rings. The highest BCUT2D eigenvalue weighted by Crippen LogP contribution is 2.19. The van der Waals surface area contributed by atoms with Gasteiger partial charge in [-0.15, -0.1) is 0 Å². The fraction of sp³-hybridized carbons (Fsp3) is 1.00. The highest BCUT2D eigenvalue weighted by molar-refractivity contribution is 6.78. The van der Waals surface area contributed by atoms with Gasteiger partial charge in [0.2, 0.25) is 0 Å². The Balaban J connectivity index is 3.55. The van der Waals surface area contributed by atoms with E-state index in [4.69, 9.17) is 9.47 Å². The summed E-state index contributed by atoms with van der Waals surface area (Å²) in [7, 11) is 0.537. The van der Waals surface area contributed by atoms with E-state index < -0.39 is 8.07 Å². The van der Waals surface area contributed by atoms with Crippen molar-refractivity contribution in [3.8, 4) is 0 Å². The first kappa shape index (κ1) is 11.1. The highest BCUT2D eigenvalue weighted by Gasteiger charge is 2.24. The molecule has 0 radical (unpaired) electrons. The van der Waals surface area contributed by atoms with Gasteiger partial charge in [0.25, 0.3) is 0 Å². The predicted octanol–water partition coefficient (Wildman–Crippen LogP) is 2.26. The van der Waals surface area contributed by atoms with Crippen molar-refractivity contribution in [2.75, 3.05) is 20.1 Å². The zero-order valence-corrected chi connectivity index (χ0v) is 9.31. The van der Waals surface area contributed by atoms with Crippen LogP contribution in [0.25, 0.3) is 0 Å². The average molecular weight is 176 g/mol. The van der Waals surface area contributed by atoms with Gasteiger partial charge in [-0.1, -0.05) is 26.9 Å². The first-order valence-electron chi connectivity index (χ1n) is 4.07. The Bertz CT molecular complexity index is 102. The number of methoxy groups -OCH3 is 1. The van der Waals surface area contributed by atoms with Crippen LogP contribution in [-0.2, 0) is 9.47 Å². The molecule has 0 heterocycles. The van der Waals surface area contributed by atoms with E-state index in [0.717, 1.165) is 11.8 Å². The van der Waals surface area contributed by atoms with Crippen molar-refractivity contribution in [1.29, 1.82) is 0 Å². The minimum Gasteiger partial charge on any atom is -0.359 e. The number of hydrogen-bond acceptors (Lipinski definition) is 2. The summed E-state index contributed by atoms with van der Waals surface area (Å²) in [6.45, 7) is 9.65. The quantitative estimate of drug-likeness (QED) is 0.363. The van der Waals surface area contributed by atoms with Crippen molar-refractivity contribution in [3.63, 3.8) is 0 Å². The first-order chi connectivity index (χ1) is 5.00. The average Bonchev–Trinajstić information content (AvgIpc) is 1.88. The largest absolute Gasteiger partial charge is 0.359 e. The summed E-state index contributed by atoms with van der Waals surface area (Å²) in [5.74, 6) is 0. The molecule has 0 saturated carbocycles. The Morgan fingerprint density at radius 1 is 1.27 bits per heavy atom. The number of hydrogen-bond donors (Lipinski definition) is 0. The Morgan fingerprint density at radius 3 is 2.18 bits per heavy atom. The maximum Gasteiger partial charge on any atom is 0.145 e. The van der Waals surface area contributed by atoms with Crippen LogP contribution in [0.4, 0.5) is 0 Å². The fourth-order valence-corrected chi connectivity index (χ4v) is 1.50. The van der Waals surface area contributed by atoms with Gasteiger partial charge in [-0.3, -0.25) is 0 Å². The van der Waals surface area contributed by atoms with E-state index in [0.29, 0.717) is 6.79 Å². The Labute approximate surface area is 70.9 Å². The molecule has 0 aromatic carbocycles. The summed E-state index contributed by atoms with van der Waals surface area (Å²) in [4.78, 5) is 0. The van der Waals surface area contributed by atoms with Crippen molar-refractivity contribution in [2.45, 2.75) is 32.5 Å². The predicted molar refractivity (Wildman–Crippen MR) is 50.4 cm³/mol. The molecule has 0 N–H and O–H groups in total. The van der Waals surface area contributed by atoms with E-state index in [2.05, 4.69) is 26.9 Å². The van der Waals surface area contributed by atoms with E-state index in [1.807, 2.05) is 0 Å². The molecule has 0 atom stereocenters. The minimum absolute atomic E-state index is 0.434. The first-order valence-corrected chi connectivity index (χ1v) is 7.36. The fourth-order valence-electron chi connectivity index (χ4n) is 0.555. The third-order valence-electron chi connectivity index (χ3n) is 2.24. The molecular weight excluding hydrogens is 156 g/mol. The summed E-state index contributed by atoms with van der Waals surface area (Å²) in [5.41, 5.74) is 0.777. The Kier molecular flexibility index (Phi) is 4.96. The summed E-state index contributed by atoms with van der Waals surface area (Å²) in [6, 6.07) is 0. The zero-order valence-electron chi connectivity index (χ0n) is 8.31. The van der Waals surface area contributed by atoms with Crippen LogP contribution in [0.5, 0.6) is 0 Å². The second kappa shape index (κ2) is 4.90. The molecule has 0 aromatic heterocycles. The van der Waals surface area contributed by atoms with Crippen LogP contribution in [0.1, 0.15) is 13.8 Å². The van der Waals surface area contributed by atoms with Crippen LogP contribution in [0.15, 0.2) is 0 Å². The molecule has 0 fully saturated rings. The Hall–Kier alpha value is 0.137. The van der Waals surface area contributed by atoms with Gasteiger partial charge in [0.1, 0.15) is 6.79 Å². The van der Waals surface area contributed by atoms with Gasteiger partial charge in [-0.25, -0.2) is 0 Å². The maximum atomic E-state index is 5.35. The van der Waals surface area contributed by atoms with Crippen LogP contribution in [0, 0.1) is 0 Å². The van der Waals surface area contributed by atoms with Crippen LogP contribution in [0.3, 0.4) is 0 Å². The van der Waals surface area contributed by atoms with Crippen molar-refractivity contribution < 1.29 is 9.47 Å².